The first-order valence-electron chi connectivity index (χ1n) is 40.0. The monoisotopic (exact) mass is 1280 g/mol. The molecule has 1 heterocycles. The van der Waals surface area contributed by atoms with Crippen LogP contribution >= 0.6 is 0 Å². The number of carbonyl (C=O) groups is 2. The van der Waals surface area contributed by atoms with Gasteiger partial charge in [0.1, 0.15) is 24.4 Å². The summed E-state index contributed by atoms with van der Waals surface area (Å²) in [6.45, 7) is 5.88. The van der Waals surface area contributed by atoms with E-state index in [2.05, 4.69) is 26.1 Å². The highest BCUT2D eigenvalue weighted by molar-refractivity contribution is 5.80. The number of hydrogen-bond acceptors (Lipinski definition) is 10. The predicted octanol–water partition coefficient (Wildman–Crippen LogP) is 21.4. The fraction of sp³-hybridized carbons (Fsp3) is 0.949. The molecule has 0 aromatic heterocycles. The largest absolute Gasteiger partial charge is 0.454 e. The molecule has 1 aliphatic rings. The minimum absolute atomic E-state index is 0.133. The molecule has 0 bridgehead atoms. The Morgan fingerprint density at radius 1 is 0.422 bits per heavy atom. The third-order valence-corrected chi connectivity index (χ3v) is 19.4. The van der Waals surface area contributed by atoms with Gasteiger partial charge in [-0.2, -0.15) is 0 Å². The summed E-state index contributed by atoms with van der Waals surface area (Å²) < 4.78 is 17.8. The molecule has 0 radical (unpaired) electrons. The van der Waals surface area contributed by atoms with Crippen molar-refractivity contribution in [3.63, 3.8) is 0 Å². The highest BCUT2D eigenvalue weighted by Crippen LogP contribution is 2.27. The van der Waals surface area contributed by atoms with Crippen molar-refractivity contribution in [3.8, 4) is 0 Å². The van der Waals surface area contributed by atoms with E-state index >= 15 is 0 Å². The van der Waals surface area contributed by atoms with Crippen molar-refractivity contribution in [3.05, 3.63) is 12.2 Å². The summed E-state index contributed by atoms with van der Waals surface area (Å²) in [6.07, 6.45) is 71.4. The van der Waals surface area contributed by atoms with E-state index in [4.69, 9.17) is 14.2 Å². The molecule has 1 saturated heterocycles. The molecule has 534 valence electrons. The normalized spacial score (nSPS) is 18.0. The summed E-state index contributed by atoms with van der Waals surface area (Å²) in [5.41, 5.74) is 0. The Kier molecular flexibility index (Phi) is 64.7. The van der Waals surface area contributed by atoms with Crippen LogP contribution in [0, 0.1) is 0 Å². The number of esters is 1. The molecule has 1 amide bonds. The number of amides is 1. The number of aliphatic hydroxyl groups is 5. The van der Waals surface area contributed by atoms with Crippen LogP contribution in [-0.4, -0.2) is 99.6 Å². The van der Waals surface area contributed by atoms with Gasteiger partial charge in [0.15, 0.2) is 12.4 Å². The van der Waals surface area contributed by atoms with E-state index in [1.54, 1.807) is 6.08 Å². The van der Waals surface area contributed by atoms with Crippen LogP contribution < -0.4 is 5.32 Å². The molecule has 8 unspecified atom stereocenters. The summed E-state index contributed by atoms with van der Waals surface area (Å²) in [5.74, 6) is -1.17. The first-order chi connectivity index (χ1) is 44.2. The second kappa shape index (κ2) is 67.4. The van der Waals surface area contributed by atoms with Crippen molar-refractivity contribution in [1.82, 2.24) is 5.32 Å². The van der Waals surface area contributed by atoms with Crippen molar-refractivity contribution in [1.29, 1.82) is 0 Å². The number of ether oxygens (including phenoxy) is 3. The number of hydrogen-bond donors (Lipinski definition) is 6. The molecule has 0 saturated carbocycles. The van der Waals surface area contributed by atoms with E-state index in [9.17, 15) is 35.1 Å². The van der Waals surface area contributed by atoms with Gasteiger partial charge in [0.25, 0.3) is 0 Å². The lowest BCUT2D eigenvalue weighted by Crippen LogP contribution is -2.61. The third kappa shape index (κ3) is 53.6. The van der Waals surface area contributed by atoms with Crippen molar-refractivity contribution >= 4 is 11.9 Å². The van der Waals surface area contributed by atoms with Crippen molar-refractivity contribution in [2.24, 2.45) is 0 Å². The van der Waals surface area contributed by atoms with Crippen LogP contribution in [0.1, 0.15) is 419 Å². The molecule has 1 aliphatic heterocycles. The van der Waals surface area contributed by atoms with Crippen LogP contribution in [-0.2, 0) is 23.8 Å². The van der Waals surface area contributed by atoms with Crippen molar-refractivity contribution in [2.75, 3.05) is 13.2 Å². The molecule has 1 fully saturated rings. The fourth-order valence-electron chi connectivity index (χ4n) is 13.2. The van der Waals surface area contributed by atoms with Gasteiger partial charge < -0.3 is 45.1 Å². The number of allylic oxidation sites excluding steroid dienone is 1. The summed E-state index contributed by atoms with van der Waals surface area (Å²) >= 11 is 0. The maximum absolute atomic E-state index is 13.5. The molecule has 0 spiro atoms. The number of carbonyl (C=O) groups excluding carboxylic acids is 2. The maximum atomic E-state index is 13.5. The average Bonchev–Trinajstić information content (AvgIpc) is 1.18. The number of rotatable bonds is 71. The lowest BCUT2D eigenvalue weighted by Gasteiger charge is -2.41. The zero-order valence-corrected chi connectivity index (χ0v) is 59.8. The summed E-state index contributed by atoms with van der Waals surface area (Å²) in [4.78, 5) is 26.8. The SMILES string of the molecule is CCCCCCCCCCCC/C=C/C(O)C(COC1OC(CO)C(O)C(O)C1OC(=O)CCCCCCCCCCCCCCCCCCCCCCCCCCCCC)NC(=O)C(O)CCCCCCCCCCCCCCCCCCCCCCCC. The number of aliphatic hydroxyl groups excluding tert-OH is 5. The summed E-state index contributed by atoms with van der Waals surface area (Å²) in [5, 5.41) is 57.4. The van der Waals surface area contributed by atoms with Gasteiger partial charge in [0, 0.05) is 6.42 Å². The van der Waals surface area contributed by atoms with Crippen LogP contribution in [0.15, 0.2) is 12.2 Å². The van der Waals surface area contributed by atoms with E-state index in [0.29, 0.717) is 19.3 Å². The Bertz CT molecular complexity index is 1520. The molecule has 8 atom stereocenters. The topological polar surface area (TPSA) is 175 Å². The van der Waals surface area contributed by atoms with Gasteiger partial charge in [-0.1, -0.05) is 399 Å². The van der Waals surface area contributed by atoms with E-state index in [-0.39, 0.29) is 13.0 Å². The van der Waals surface area contributed by atoms with Crippen LogP contribution in [0.2, 0.25) is 0 Å². The molecule has 6 N–H and O–H groups in total. The number of nitrogens with one attached hydrogen (secondary N) is 1. The molecule has 1 rings (SSSR count). The smallest absolute Gasteiger partial charge is 0.306 e. The van der Waals surface area contributed by atoms with Gasteiger partial charge in [0.2, 0.25) is 5.91 Å². The van der Waals surface area contributed by atoms with Crippen molar-refractivity contribution < 1.29 is 49.3 Å². The Labute approximate surface area is 557 Å². The first-order valence-corrected chi connectivity index (χ1v) is 40.0. The lowest BCUT2D eigenvalue weighted by atomic mass is 9.99. The minimum atomic E-state index is -1.61. The van der Waals surface area contributed by atoms with Gasteiger partial charge >= 0.3 is 5.97 Å². The second-order valence-electron chi connectivity index (χ2n) is 28.2. The predicted molar refractivity (Wildman–Crippen MR) is 380 cm³/mol. The molecule has 0 aromatic rings. The zero-order valence-electron chi connectivity index (χ0n) is 59.8. The fourth-order valence-corrected chi connectivity index (χ4v) is 13.2. The Morgan fingerprint density at radius 3 is 1.04 bits per heavy atom. The molecule has 11 heteroatoms. The number of unbranched alkanes of at least 4 members (excludes halogenated alkanes) is 57. The zero-order chi connectivity index (χ0) is 65.3. The molecule has 90 heavy (non-hydrogen) atoms. The van der Waals surface area contributed by atoms with Crippen LogP contribution in [0.3, 0.4) is 0 Å². The molecule has 0 aromatic carbocycles. The van der Waals surface area contributed by atoms with Gasteiger partial charge in [-0.3, -0.25) is 9.59 Å². The lowest BCUT2D eigenvalue weighted by molar-refractivity contribution is -0.305. The van der Waals surface area contributed by atoms with E-state index in [1.165, 1.54) is 315 Å². The summed E-state index contributed by atoms with van der Waals surface area (Å²) in [6, 6.07) is -1.02. The Balaban J connectivity index is 2.47. The van der Waals surface area contributed by atoms with Gasteiger partial charge in [0.05, 0.1) is 25.4 Å². The standard InChI is InChI=1S/C79H153NO10/c1-4-7-10-13-16-19-22-25-27-29-31-33-35-36-37-38-39-41-43-45-47-49-52-55-58-61-64-67-74(84)90-77-76(86)75(85)73(68-81)89-79(77)88-69-70(71(82)65-62-59-56-53-50-24-21-18-15-12-9-6-3)80-78(87)72(83)66-63-60-57-54-51-48-46-44-42-40-34-32-30-28-26-23-20-17-14-11-8-5-2/h62,65,70-73,75-77,79,81-83,85-86H,4-61,63-64,66-69H2,1-3H3,(H,80,87)/b65-62+. The van der Waals surface area contributed by atoms with E-state index in [1.807, 2.05) is 6.08 Å². The Morgan fingerprint density at radius 2 is 0.722 bits per heavy atom. The molecule has 11 nitrogen and oxygen atoms in total. The second-order valence-corrected chi connectivity index (χ2v) is 28.2. The van der Waals surface area contributed by atoms with Crippen LogP contribution in [0.5, 0.6) is 0 Å². The van der Waals surface area contributed by atoms with Gasteiger partial charge in [-0.15, -0.1) is 0 Å². The first kappa shape index (κ1) is 86.4. The summed E-state index contributed by atoms with van der Waals surface area (Å²) in [7, 11) is 0. The highest BCUT2D eigenvalue weighted by atomic mass is 16.7. The highest BCUT2D eigenvalue weighted by Gasteiger charge is 2.47. The van der Waals surface area contributed by atoms with Crippen LogP contribution in [0.25, 0.3) is 0 Å². The van der Waals surface area contributed by atoms with Gasteiger partial charge in [-0.05, 0) is 25.7 Å². The van der Waals surface area contributed by atoms with E-state index < -0.39 is 67.4 Å². The maximum Gasteiger partial charge on any atom is 0.306 e. The molecule has 0 aliphatic carbocycles. The van der Waals surface area contributed by atoms with Crippen LogP contribution in [0.4, 0.5) is 0 Å². The van der Waals surface area contributed by atoms with E-state index in [0.717, 1.165) is 57.8 Å². The Hall–Kier alpha value is -1.60. The van der Waals surface area contributed by atoms with Gasteiger partial charge in [-0.25, -0.2) is 0 Å². The van der Waals surface area contributed by atoms with Crippen molar-refractivity contribution in [2.45, 2.75) is 468 Å². The minimum Gasteiger partial charge on any atom is -0.454 e. The average molecular weight is 1280 g/mol. The molecular formula is C79H153NO10. The molecular weight excluding hydrogens is 1120 g/mol. The quantitative estimate of drug-likeness (QED) is 0.0195. The third-order valence-electron chi connectivity index (χ3n) is 19.4.